The molecule has 1 amide bonds. The van der Waals surface area contributed by atoms with Gasteiger partial charge in [-0.15, -0.1) is 11.3 Å². The molecule has 0 radical (unpaired) electrons. The van der Waals surface area contributed by atoms with Crippen molar-refractivity contribution in [3.05, 3.63) is 82.8 Å². The normalized spacial score (nSPS) is 10.8. The van der Waals surface area contributed by atoms with E-state index in [0.717, 1.165) is 33.9 Å². The van der Waals surface area contributed by atoms with Crippen LogP contribution in [0.2, 0.25) is 0 Å². The Morgan fingerprint density at radius 1 is 1.11 bits per heavy atom. The zero-order valence-electron chi connectivity index (χ0n) is 15.9. The van der Waals surface area contributed by atoms with Crippen LogP contribution in [0, 0.1) is 20.8 Å². The summed E-state index contributed by atoms with van der Waals surface area (Å²) in [6.07, 6.45) is 3.49. The SMILES string of the molecule is Cc1ccccc1-n1c(C)cc(C(=O)Nc2nc(-c3cccnc3)cs2)c1C. The van der Waals surface area contributed by atoms with Crippen molar-refractivity contribution >= 4 is 22.4 Å². The lowest BCUT2D eigenvalue weighted by Crippen LogP contribution is -2.13. The summed E-state index contributed by atoms with van der Waals surface area (Å²) >= 11 is 1.41. The maximum Gasteiger partial charge on any atom is 0.259 e. The summed E-state index contributed by atoms with van der Waals surface area (Å²) in [4.78, 5) is 21.5. The first-order valence-electron chi connectivity index (χ1n) is 8.97. The molecule has 3 aromatic heterocycles. The van der Waals surface area contributed by atoms with E-state index >= 15 is 0 Å². The van der Waals surface area contributed by atoms with Crippen LogP contribution in [-0.4, -0.2) is 20.4 Å². The van der Waals surface area contributed by atoms with Crippen molar-refractivity contribution in [2.75, 3.05) is 5.32 Å². The predicted octanol–water partition coefficient (Wildman–Crippen LogP) is 5.17. The highest BCUT2D eigenvalue weighted by molar-refractivity contribution is 7.14. The quantitative estimate of drug-likeness (QED) is 0.524. The maximum absolute atomic E-state index is 12.9. The number of thiazole rings is 1. The Morgan fingerprint density at radius 3 is 2.68 bits per heavy atom. The van der Waals surface area contributed by atoms with Gasteiger partial charge in [0, 0.05) is 40.4 Å². The molecule has 0 spiro atoms. The summed E-state index contributed by atoms with van der Waals surface area (Å²) < 4.78 is 2.12. The van der Waals surface area contributed by atoms with E-state index < -0.39 is 0 Å². The molecule has 4 aromatic rings. The molecule has 1 N–H and O–H groups in total. The van der Waals surface area contributed by atoms with Crippen LogP contribution in [0.5, 0.6) is 0 Å². The Bertz CT molecular complexity index is 1140. The average Bonchev–Trinajstić information content (AvgIpc) is 3.28. The van der Waals surface area contributed by atoms with Crippen LogP contribution in [0.3, 0.4) is 0 Å². The van der Waals surface area contributed by atoms with Gasteiger partial charge in [0.1, 0.15) is 0 Å². The predicted molar refractivity (Wildman–Crippen MR) is 113 cm³/mol. The van der Waals surface area contributed by atoms with Gasteiger partial charge in [0.05, 0.1) is 11.3 Å². The van der Waals surface area contributed by atoms with Crippen molar-refractivity contribution < 1.29 is 4.79 Å². The van der Waals surface area contributed by atoms with Crippen molar-refractivity contribution in [1.82, 2.24) is 14.5 Å². The third-order valence-corrected chi connectivity index (χ3v) is 5.47. The number of carbonyl (C=O) groups is 1. The van der Waals surface area contributed by atoms with E-state index in [2.05, 4.69) is 38.9 Å². The minimum absolute atomic E-state index is 0.153. The molecule has 0 saturated heterocycles. The highest BCUT2D eigenvalue weighted by atomic mass is 32.1. The lowest BCUT2D eigenvalue weighted by molar-refractivity contribution is 0.102. The largest absolute Gasteiger partial charge is 0.317 e. The molecule has 0 bridgehead atoms. The van der Waals surface area contributed by atoms with Crippen LogP contribution in [0.4, 0.5) is 5.13 Å². The number of rotatable bonds is 4. The lowest BCUT2D eigenvalue weighted by Gasteiger charge is -2.12. The summed E-state index contributed by atoms with van der Waals surface area (Å²) in [6.45, 7) is 6.06. The molecule has 0 aliphatic rings. The molecule has 0 atom stereocenters. The first-order valence-corrected chi connectivity index (χ1v) is 9.85. The van der Waals surface area contributed by atoms with E-state index in [1.807, 2.05) is 49.6 Å². The average molecular weight is 388 g/mol. The first kappa shape index (κ1) is 18.1. The van der Waals surface area contributed by atoms with Gasteiger partial charge in [0.15, 0.2) is 5.13 Å². The molecule has 4 rings (SSSR count). The molecule has 0 saturated carbocycles. The third-order valence-electron chi connectivity index (χ3n) is 4.71. The smallest absolute Gasteiger partial charge is 0.259 e. The first-order chi connectivity index (χ1) is 13.5. The number of nitrogens with one attached hydrogen (secondary N) is 1. The van der Waals surface area contributed by atoms with Gasteiger partial charge in [-0.3, -0.25) is 15.1 Å². The standard InChI is InChI=1S/C22H20N4OS/c1-14-7-4-5-9-20(14)26-15(2)11-18(16(26)3)21(27)25-22-24-19(13-28-22)17-8-6-10-23-12-17/h4-13H,1-3H3,(H,24,25,27). The molecular weight excluding hydrogens is 368 g/mol. The second-order valence-corrected chi connectivity index (χ2v) is 7.50. The summed E-state index contributed by atoms with van der Waals surface area (Å²) in [6, 6.07) is 13.9. The van der Waals surface area contributed by atoms with Crippen molar-refractivity contribution in [3.8, 4) is 16.9 Å². The molecule has 3 heterocycles. The van der Waals surface area contributed by atoms with Gasteiger partial charge in [0.25, 0.3) is 5.91 Å². The van der Waals surface area contributed by atoms with Crippen LogP contribution in [0.1, 0.15) is 27.3 Å². The molecule has 0 fully saturated rings. The zero-order chi connectivity index (χ0) is 19.7. The number of aryl methyl sites for hydroxylation is 2. The fourth-order valence-electron chi connectivity index (χ4n) is 3.32. The van der Waals surface area contributed by atoms with Crippen molar-refractivity contribution in [2.45, 2.75) is 20.8 Å². The number of amides is 1. The van der Waals surface area contributed by atoms with Crippen molar-refractivity contribution in [3.63, 3.8) is 0 Å². The van der Waals surface area contributed by atoms with E-state index in [9.17, 15) is 4.79 Å². The van der Waals surface area contributed by atoms with Crippen LogP contribution >= 0.6 is 11.3 Å². The van der Waals surface area contributed by atoms with Gasteiger partial charge in [-0.2, -0.15) is 0 Å². The zero-order valence-corrected chi connectivity index (χ0v) is 16.7. The van der Waals surface area contributed by atoms with Gasteiger partial charge >= 0.3 is 0 Å². The Morgan fingerprint density at radius 2 is 1.93 bits per heavy atom. The van der Waals surface area contributed by atoms with Gasteiger partial charge in [-0.1, -0.05) is 18.2 Å². The van der Waals surface area contributed by atoms with Gasteiger partial charge in [-0.25, -0.2) is 4.98 Å². The fraction of sp³-hybridized carbons (Fsp3) is 0.136. The van der Waals surface area contributed by atoms with Crippen LogP contribution in [0.25, 0.3) is 16.9 Å². The molecule has 0 unspecified atom stereocenters. The number of carbonyl (C=O) groups excluding carboxylic acids is 1. The van der Waals surface area contributed by atoms with Gasteiger partial charge in [0.2, 0.25) is 0 Å². The van der Waals surface area contributed by atoms with Crippen LogP contribution in [-0.2, 0) is 0 Å². The van der Waals surface area contributed by atoms with E-state index in [4.69, 9.17) is 0 Å². The molecule has 140 valence electrons. The Labute approximate surface area is 167 Å². The minimum Gasteiger partial charge on any atom is -0.317 e. The summed E-state index contributed by atoms with van der Waals surface area (Å²) in [5.41, 5.74) is 6.57. The van der Waals surface area contributed by atoms with Crippen molar-refractivity contribution in [2.24, 2.45) is 0 Å². The highest BCUT2D eigenvalue weighted by Gasteiger charge is 2.18. The minimum atomic E-state index is -0.153. The molecule has 6 heteroatoms. The Hall–Kier alpha value is -3.25. The summed E-state index contributed by atoms with van der Waals surface area (Å²) in [5.74, 6) is -0.153. The molecular formula is C22H20N4OS. The number of nitrogens with zero attached hydrogens (tertiary/aromatic N) is 3. The summed E-state index contributed by atoms with van der Waals surface area (Å²) in [7, 11) is 0. The molecule has 28 heavy (non-hydrogen) atoms. The lowest BCUT2D eigenvalue weighted by atomic mass is 10.2. The third kappa shape index (κ3) is 3.34. The number of pyridine rings is 1. The number of hydrogen-bond donors (Lipinski definition) is 1. The second-order valence-electron chi connectivity index (χ2n) is 6.64. The van der Waals surface area contributed by atoms with Crippen LogP contribution < -0.4 is 5.32 Å². The van der Waals surface area contributed by atoms with Crippen LogP contribution in [0.15, 0.2) is 60.2 Å². The topological polar surface area (TPSA) is 59.8 Å². The Kier molecular flexibility index (Phi) is 4.79. The van der Waals surface area contributed by atoms with Crippen molar-refractivity contribution in [1.29, 1.82) is 0 Å². The summed E-state index contributed by atoms with van der Waals surface area (Å²) in [5, 5.41) is 5.42. The highest BCUT2D eigenvalue weighted by Crippen LogP contribution is 2.27. The van der Waals surface area contributed by atoms with E-state index in [1.165, 1.54) is 11.3 Å². The number of hydrogen-bond acceptors (Lipinski definition) is 4. The number of benzene rings is 1. The van der Waals surface area contributed by atoms with Gasteiger partial charge < -0.3 is 4.57 Å². The van der Waals surface area contributed by atoms with E-state index in [1.54, 1.807) is 12.4 Å². The monoisotopic (exact) mass is 388 g/mol. The molecule has 5 nitrogen and oxygen atoms in total. The molecule has 0 aliphatic carbocycles. The number of para-hydroxylation sites is 1. The Balaban J connectivity index is 1.61. The maximum atomic E-state index is 12.9. The fourth-order valence-corrected chi connectivity index (χ4v) is 4.03. The second kappa shape index (κ2) is 7.40. The number of aromatic nitrogens is 3. The molecule has 0 aliphatic heterocycles. The van der Waals surface area contributed by atoms with E-state index in [0.29, 0.717) is 10.7 Å². The van der Waals surface area contributed by atoms with E-state index in [-0.39, 0.29) is 5.91 Å². The van der Waals surface area contributed by atoms with Gasteiger partial charge in [-0.05, 0) is 50.6 Å². The number of anilines is 1. The molecule has 1 aromatic carbocycles.